The molecule has 0 aromatic carbocycles. The number of hydrogen-bond donors (Lipinski definition) is 1. The molecule has 0 bridgehead atoms. The Kier molecular flexibility index (Phi) is 5.21. The van der Waals surface area contributed by atoms with Crippen molar-refractivity contribution in [2.45, 2.75) is 90.7 Å². The minimum absolute atomic E-state index is 0.212. The molecule has 4 saturated carbocycles. The minimum atomic E-state index is -0.476. The van der Waals surface area contributed by atoms with Crippen LogP contribution in [0.2, 0.25) is 0 Å². The van der Waals surface area contributed by atoms with Crippen molar-refractivity contribution in [3.05, 3.63) is 18.0 Å². The first-order chi connectivity index (χ1) is 15.2. The zero-order valence-electron chi connectivity index (χ0n) is 19.9. The fraction of sp³-hybridized carbons (Fsp3) is 0.815. The molecule has 0 radical (unpaired) electrons. The largest absolute Gasteiger partial charge is 0.390 e. The van der Waals surface area contributed by atoms with E-state index >= 15 is 0 Å². The second kappa shape index (κ2) is 7.59. The summed E-state index contributed by atoms with van der Waals surface area (Å²) < 4.78 is 1.81. The maximum absolute atomic E-state index is 10.6. The van der Waals surface area contributed by atoms with Crippen molar-refractivity contribution in [3.63, 3.8) is 0 Å². The second-order valence-corrected chi connectivity index (χ2v) is 12.4. The highest BCUT2D eigenvalue weighted by molar-refractivity contribution is 5.22. The fourth-order valence-corrected chi connectivity index (χ4v) is 9.20. The smallest absolute Gasteiger partial charge is 0.102 e. The van der Waals surface area contributed by atoms with Gasteiger partial charge in [0.05, 0.1) is 35.4 Å². The Morgan fingerprint density at radius 3 is 2.59 bits per heavy atom. The van der Waals surface area contributed by atoms with Crippen LogP contribution < -0.4 is 0 Å². The molecule has 5 heteroatoms. The van der Waals surface area contributed by atoms with E-state index in [-0.39, 0.29) is 5.41 Å². The Bertz CT molecular complexity index is 954. The number of aliphatic hydroxyl groups is 1. The predicted molar refractivity (Wildman–Crippen MR) is 122 cm³/mol. The van der Waals surface area contributed by atoms with Gasteiger partial charge in [0.1, 0.15) is 6.07 Å². The molecular formula is C27H38N4O. The highest BCUT2D eigenvalue weighted by Crippen LogP contribution is 2.67. The zero-order valence-corrected chi connectivity index (χ0v) is 19.9. The number of rotatable bonds is 3. The Labute approximate surface area is 192 Å². The van der Waals surface area contributed by atoms with E-state index in [1.54, 1.807) is 12.4 Å². The third kappa shape index (κ3) is 3.40. The molecule has 5 nitrogen and oxygen atoms in total. The number of hydrogen-bond acceptors (Lipinski definition) is 4. The van der Waals surface area contributed by atoms with Crippen molar-refractivity contribution in [1.29, 1.82) is 10.5 Å². The number of nitriles is 2. The summed E-state index contributed by atoms with van der Waals surface area (Å²) in [6, 6.07) is 4.86. The van der Waals surface area contributed by atoms with Crippen molar-refractivity contribution in [3.8, 4) is 12.1 Å². The maximum atomic E-state index is 10.6. The average Bonchev–Trinajstić information content (AvgIpc) is 3.36. The van der Waals surface area contributed by atoms with Gasteiger partial charge in [-0.2, -0.15) is 15.6 Å². The average molecular weight is 435 g/mol. The van der Waals surface area contributed by atoms with Gasteiger partial charge in [-0.05, 0) is 113 Å². The summed E-state index contributed by atoms with van der Waals surface area (Å²) in [6.07, 6.45) is 14.0. The van der Waals surface area contributed by atoms with Gasteiger partial charge >= 0.3 is 0 Å². The van der Waals surface area contributed by atoms with E-state index in [0.29, 0.717) is 23.9 Å². The van der Waals surface area contributed by atoms with Gasteiger partial charge in [-0.25, -0.2) is 0 Å². The van der Waals surface area contributed by atoms with Crippen LogP contribution in [-0.2, 0) is 6.54 Å². The van der Waals surface area contributed by atoms with Crippen molar-refractivity contribution in [2.24, 2.45) is 46.3 Å². The van der Waals surface area contributed by atoms with Gasteiger partial charge < -0.3 is 5.11 Å². The molecule has 32 heavy (non-hydrogen) atoms. The zero-order chi connectivity index (χ0) is 22.7. The number of nitrogens with zero attached hydrogens (tertiary/aromatic N) is 4. The van der Waals surface area contributed by atoms with Crippen molar-refractivity contribution in [1.82, 2.24) is 9.78 Å². The molecule has 0 aliphatic heterocycles. The maximum Gasteiger partial charge on any atom is 0.102 e. The monoisotopic (exact) mass is 434 g/mol. The number of aromatic nitrogens is 2. The lowest BCUT2D eigenvalue weighted by atomic mass is 9.47. The lowest BCUT2D eigenvalue weighted by Crippen LogP contribution is -2.52. The van der Waals surface area contributed by atoms with Gasteiger partial charge in [0.2, 0.25) is 0 Å². The summed E-state index contributed by atoms with van der Waals surface area (Å²) in [4.78, 5) is 0. The summed E-state index contributed by atoms with van der Waals surface area (Å²) in [6.45, 7) is 7.22. The van der Waals surface area contributed by atoms with Crippen LogP contribution in [0.3, 0.4) is 0 Å². The molecule has 5 rings (SSSR count). The topological polar surface area (TPSA) is 85.6 Å². The number of fused-ring (bicyclic) bond motifs is 5. The van der Waals surface area contributed by atoms with Crippen LogP contribution in [0.1, 0.15) is 84.1 Å². The van der Waals surface area contributed by atoms with Crippen molar-refractivity contribution < 1.29 is 5.11 Å². The Hall–Kier alpha value is -1.85. The normalized spacial score (nSPS) is 44.9. The highest BCUT2D eigenvalue weighted by atomic mass is 16.3. The minimum Gasteiger partial charge on any atom is -0.390 e. The summed E-state index contributed by atoms with van der Waals surface area (Å²) in [5.41, 5.74) is -0.161. The van der Waals surface area contributed by atoms with Crippen LogP contribution in [0.5, 0.6) is 0 Å². The van der Waals surface area contributed by atoms with Crippen molar-refractivity contribution >= 4 is 0 Å². The van der Waals surface area contributed by atoms with E-state index in [4.69, 9.17) is 5.26 Å². The second-order valence-electron chi connectivity index (χ2n) is 12.4. The molecule has 4 aliphatic carbocycles. The quantitative estimate of drug-likeness (QED) is 0.699. The lowest BCUT2D eigenvalue weighted by molar-refractivity contribution is -0.106. The van der Waals surface area contributed by atoms with Gasteiger partial charge in [-0.1, -0.05) is 6.92 Å². The van der Waals surface area contributed by atoms with E-state index in [0.717, 1.165) is 42.9 Å². The molecule has 9 atom stereocenters. The Morgan fingerprint density at radius 1 is 1.09 bits per heavy atom. The van der Waals surface area contributed by atoms with E-state index in [2.05, 4.69) is 31.1 Å². The molecule has 1 aromatic rings. The van der Waals surface area contributed by atoms with Crippen LogP contribution in [0.4, 0.5) is 0 Å². The van der Waals surface area contributed by atoms with Crippen LogP contribution in [0.15, 0.2) is 12.4 Å². The third-order valence-electron chi connectivity index (χ3n) is 10.5. The van der Waals surface area contributed by atoms with Crippen molar-refractivity contribution in [2.75, 3.05) is 0 Å². The van der Waals surface area contributed by atoms with E-state index in [9.17, 15) is 10.4 Å². The molecule has 0 amide bonds. The van der Waals surface area contributed by atoms with Crippen LogP contribution in [-0.4, -0.2) is 20.5 Å². The van der Waals surface area contributed by atoms with Crippen LogP contribution >= 0.6 is 0 Å². The molecule has 0 saturated heterocycles. The van der Waals surface area contributed by atoms with Gasteiger partial charge in [-0.3, -0.25) is 4.68 Å². The molecule has 1 N–H and O–H groups in total. The van der Waals surface area contributed by atoms with Crippen LogP contribution in [0, 0.1) is 69.0 Å². The van der Waals surface area contributed by atoms with Gasteiger partial charge in [0.15, 0.2) is 0 Å². The molecule has 172 valence electrons. The predicted octanol–water partition coefficient (Wildman–Crippen LogP) is 5.30. The SMILES string of the molecule is C[C@@]1(O)CC[C@H]2[C@H](CC[C@@H]3[C@@H]2CC[C@@]2(C)[C@H]3CC[C@@H]2[C@](C)(C#N)Cn2cc(C#N)cn2)C1. The summed E-state index contributed by atoms with van der Waals surface area (Å²) >= 11 is 0. The first-order valence-electron chi connectivity index (χ1n) is 12.8. The van der Waals surface area contributed by atoms with Gasteiger partial charge in [0.25, 0.3) is 0 Å². The van der Waals surface area contributed by atoms with Gasteiger partial charge in [-0.15, -0.1) is 0 Å². The van der Waals surface area contributed by atoms with Crippen LogP contribution in [0.25, 0.3) is 0 Å². The third-order valence-corrected chi connectivity index (χ3v) is 10.5. The summed E-state index contributed by atoms with van der Waals surface area (Å²) in [5.74, 6) is 4.20. The standard InChI is InChI=1S/C27H38N4O/c1-25(16-29,17-31-15-18(13-28)14-30-31)24-7-6-23-22-5-4-19-12-26(2,32)10-8-20(19)21(22)9-11-27(23,24)3/h14-15,19-24,32H,4-12,17H2,1-3H3/t19-,20+,21-,22-,23+,24-,25-,26-,27+/m1/s1. The lowest BCUT2D eigenvalue weighted by Gasteiger charge is -2.57. The van der Waals surface area contributed by atoms with E-state index in [1.807, 2.05) is 11.6 Å². The molecular weight excluding hydrogens is 396 g/mol. The first kappa shape index (κ1) is 22.0. The van der Waals surface area contributed by atoms with E-state index < -0.39 is 11.0 Å². The highest BCUT2D eigenvalue weighted by Gasteiger charge is 2.60. The molecule has 1 heterocycles. The van der Waals surface area contributed by atoms with E-state index in [1.165, 1.54) is 38.5 Å². The van der Waals surface area contributed by atoms with Gasteiger partial charge in [0, 0.05) is 6.20 Å². The Morgan fingerprint density at radius 2 is 1.88 bits per heavy atom. The molecule has 0 unspecified atom stereocenters. The molecule has 1 aromatic heterocycles. The molecule has 4 fully saturated rings. The first-order valence-corrected chi connectivity index (χ1v) is 12.8. The molecule has 0 spiro atoms. The Balaban J connectivity index is 1.36. The summed E-state index contributed by atoms with van der Waals surface area (Å²) in [5, 5.41) is 34.5. The fourth-order valence-electron chi connectivity index (χ4n) is 9.20. The molecule has 4 aliphatic rings. The summed E-state index contributed by atoms with van der Waals surface area (Å²) in [7, 11) is 0.